The van der Waals surface area contributed by atoms with Crippen LogP contribution in [0.5, 0.6) is 5.75 Å². The first-order valence-electron chi connectivity index (χ1n) is 29.1. The van der Waals surface area contributed by atoms with Gasteiger partial charge in [-0.2, -0.15) is 0 Å². The van der Waals surface area contributed by atoms with Gasteiger partial charge in [0.2, 0.25) is 11.8 Å². The van der Waals surface area contributed by atoms with Crippen LogP contribution in [0, 0.1) is 18.8 Å². The third-order valence-electron chi connectivity index (χ3n) is 18.3. The average Bonchev–Trinajstić information content (AvgIpc) is 4.32. The van der Waals surface area contributed by atoms with Crippen LogP contribution < -0.4 is 20.9 Å². The van der Waals surface area contributed by atoms with Gasteiger partial charge in [0.05, 0.1) is 58.4 Å². The molecule has 6 atom stereocenters. The number of para-hydroxylation sites is 1. The van der Waals surface area contributed by atoms with E-state index in [1.54, 1.807) is 28.4 Å². The van der Waals surface area contributed by atoms with Gasteiger partial charge in [-0.1, -0.05) is 55.4 Å². The molecule has 2 unspecified atom stereocenters. The zero-order valence-electron chi connectivity index (χ0n) is 46.5. The van der Waals surface area contributed by atoms with Crippen LogP contribution in [0.1, 0.15) is 119 Å². The lowest BCUT2D eigenvalue weighted by molar-refractivity contribution is -0.141. The van der Waals surface area contributed by atoms with Crippen LogP contribution in [0.3, 0.4) is 0 Å². The smallest absolute Gasteiger partial charge is 0.243 e. The Bertz CT molecular complexity index is 3090. The highest BCUT2D eigenvalue weighted by atomic mass is 32.1. The van der Waals surface area contributed by atoms with E-state index in [-0.39, 0.29) is 48.6 Å². The molecule has 0 spiro atoms. The fraction of sp³-hybridized carbons (Fsp3) is 0.550. The number of piperazine rings is 1. The average molecular weight is 1110 g/mol. The van der Waals surface area contributed by atoms with Crippen molar-refractivity contribution in [1.82, 2.24) is 49.9 Å². The van der Waals surface area contributed by atoms with Gasteiger partial charge in [-0.3, -0.25) is 14.5 Å². The summed E-state index contributed by atoms with van der Waals surface area (Å²) in [6, 6.07) is 19.3. The number of nitrogen functional groups attached to an aromatic ring is 1. The number of fused-ring (bicyclic) bond motifs is 2. The summed E-state index contributed by atoms with van der Waals surface area (Å²) in [6.07, 6.45) is 12.6. The topological polar surface area (TPSA) is 221 Å². The number of carbonyl (C=O) groups excluding carboxylic acids is 2. The fourth-order valence-electron chi connectivity index (χ4n) is 13.6. The number of aromatic nitrogens is 6. The molecule has 80 heavy (non-hydrogen) atoms. The summed E-state index contributed by atoms with van der Waals surface area (Å²) < 4.78 is 15.1. The molecule has 2 bridgehead atoms. The number of carbonyl (C=O) groups is 2. The normalized spacial score (nSPS) is 24.9. The Morgan fingerprint density at radius 3 is 2.33 bits per heavy atom. The molecule has 2 aromatic carbocycles. The maximum Gasteiger partial charge on any atom is 0.243 e. The first-order valence-corrected chi connectivity index (χ1v) is 30.0. The zero-order valence-corrected chi connectivity index (χ0v) is 47.3. The zero-order chi connectivity index (χ0) is 55.2. The second-order valence-electron chi connectivity index (χ2n) is 23.9. The van der Waals surface area contributed by atoms with Crippen molar-refractivity contribution in [3.05, 3.63) is 101 Å². The van der Waals surface area contributed by atoms with Crippen molar-refractivity contribution < 1.29 is 29.1 Å². The largest absolute Gasteiger partial charge is 0.507 e. The molecule has 5 saturated heterocycles. The third-order valence-corrected chi connectivity index (χ3v) is 19.2. The molecule has 5 aliphatic heterocycles. The molecule has 20 heteroatoms. The van der Waals surface area contributed by atoms with Crippen molar-refractivity contribution in [1.29, 1.82) is 0 Å². The van der Waals surface area contributed by atoms with Crippen molar-refractivity contribution in [3.8, 4) is 27.4 Å². The molecule has 9 heterocycles. The van der Waals surface area contributed by atoms with E-state index in [9.17, 15) is 19.8 Å². The summed E-state index contributed by atoms with van der Waals surface area (Å²) in [7, 11) is 0. The number of likely N-dealkylation sites (tertiary alicyclic amines) is 2. The number of aryl methyl sites for hydroxylation is 1. The number of hydrogen-bond acceptors (Lipinski definition) is 17. The number of anilines is 3. The molecule has 1 saturated carbocycles. The summed E-state index contributed by atoms with van der Waals surface area (Å²) in [6.45, 7) is 15.5. The van der Waals surface area contributed by atoms with Crippen molar-refractivity contribution in [2.45, 2.75) is 146 Å². The quantitative estimate of drug-likeness (QED) is 0.0691. The maximum absolute atomic E-state index is 14.4. The van der Waals surface area contributed by atoms with Crippen LogP contribution in [0.25, 0.3) is 21.7 Å². The van der Waals surface area contributed by atoms with Crippen molar-refractivity contribution in [2.75, 3.05) is 67.9 Å². The first-order chi connectivity index (χ1) is 38.8. The standard InChI is InChI=1S/C60H77N13O6S/c1-36(2)56(60(77)73-33-45(74)27-51(73)59(76)64-37(3)40-9-11-41(12-10-40)57-38(4)63-35-80-57)53-29-54(67-79-53)69-22-15-39(16-23-69)30-68-20-17-46(18-21-68)78-47-25-44(26-47)71-24-19-62-55(71)34-72-42-13-14-43(72)32-70(31-42)50-28-49(65-66-58(50)61)48-7-5-6-8-52(48)75/h5-12,19,24,28-29,35-37,39,42-47,51,56,74-75H,13-18,20-23,25-27,30-34H2,1-4H3,(H2,61,66)(H,64,76)/t37-,42?,43?,44-,45+,47-,51-,56+/m0/s1. The number of hydrogen-bond donors (Lipinski definition) is 4. The number of rotatable bonds is 17. The van der Waals surface area contributed by atoms with Crippen LogP contribution in [-0.2, 0) is 20.9 Å². The minimum absolute atomic E-state index is 0.0879. The SMILES string of the molecule is Cc1ncsc1-c1ccc([C@H](C)NC(=O)[C@@H]2C[C@@H](O)CN2C(=O)[C@@H](c2cc(N3CCC(CN4CCC(O[C@H]5C[C@H](n6ccnc6CN6C7CCC6CN(c6cc(-c8ccccc8O)nnc6N)C7)C5)CC4)CC3)no2)C(C)C)cc1. The van der Waals surface area contributed by atoms with E-state index in [1.807, 2.05) is 87.9 Å². The minimum Gasteiger partial charge on any atom is -0.507 e. The monoisotopic (exact) mass is 1110 g/mol. The molecule has 6 aliphatic rings. The van der Waals surface area contributed by atoms with E-state index < -0.39 is 18.1 Å². The summed E-state index contributed by atoms with van der Waals surface area (Å²) in [4.78, 5) is 50.1. The van der Waals surface area contributed by atoms with Crippen LogP contribution in [0.4, 0.5) is 17.3 Å². The van der Waals surface area contributed by atoms with Gasteiger partial charge in [0.1, 0.15) is 23.5 Å². The molecule has 5 N–H and O–H groups in total. The molecule has 0 radical (unpaired) electrons. The van der Waals surface area contributed by atoms with Gasteiger partial charge in [0.25, 0.3) is 0 Å². The van der Waals surface area contributed by atoms with Crippen molar-refractivity contribution in [3.63, 3.8) is 0 Å². The Hall–Kier alpha value is -6.45. The van der Waals surface area contributed by atoms with E-state index in [4.69, 9.17) is 20.0 Å². The number of piperidine rings is 2. The molecule has 1 aliphatic carbocycles. The van der Waals surface area contributed by atoms with Crippen LogP contribution >= 0.6 is 11.3 Å². The lowest BCUT2D eigenvalue weighted by Gasteiger charge is -2.43. The molecular weight excluding hydrogens is 1030 g/mol. The van der Waals surface area contributed by atoms with Gasteiger partial charge < -0.3 is 54.7 Å². The number of benzene rings is 2. The van der Waals surface area contributed by atoms with Gasteiger partial charge in [-0.25, -0.2) is 9.97 Å². The number of imidazole rings is 1. The first kappa shape index (κ1) is 54.2. The Balaban J connectivity index is 0.570. The second-order valence-corrected chi connectivity index (χ2v) is 24.7. The maximum atomic E-state index is 14.4. The summed E-state index contributed by atoms with van der Waals surface area (Å²) in [5.74, 6) is 2.26. The second kappa shape index (κ2) is 23.2. The molecule has 2 amide bonds. The number of amides is 2. The highest BCUT2D eigenvalue weighted by Crippen LogP contribution is 2.41. The predicted molar refractivity (Wildman–Crippen MR) is 307 cm³/mol. The number of β-amino-alcohol motifs (C(OH)–C–C–N with tert-alkyl or cyclic N) is 1. The van der Waals surface area contributed by atoms with E-state index in [0.717, 1.165) is 143 Å². The van der Waals surface area contributed by atoms with Crippen LogP contribution in [0.15, 0.2) is 83.1 Å². The Labute approximate surface area is 472 Å². The van der Waals surface area contributed by atoms with Gasteiger partial charge in [0, 0.05) is 101 Å². The van der Waals surface area contributed by atoms with Crippen molar-refractivity contribution >= 4 is 40.5 Å². The van der Waals surface area contributed by atoms with E-state index in [2.05, 4.69) is 56.0 Å². The fourth-order valence-corrected chi connectivity index (χ4v) is 14.5. The Kier molecular flexibility index (Phi) is 15.7. The Morgan fingerprint density at radius 1 is 0.863 bits per heavy atom. The van der Waals surface area contributed by atoms with Gasteiger partial charge in [-0.15, -0.1) is 21.5 Å². The molecule has 6 aromatic rings. The number of phenolic OH excluding ortho intramolecular Hbond substituents is 1. The lowest BCUT2D eigenvalue weighted by atomic mass is 9.88. The lowest BCUT2D eigenvalue weighted by Crippen LogP contribution is -2.53. The molecule has 19 nitrogen and oxygen atoms in total. The highest BCUT2D eigenvalue weighted by molar-refractivity contribution is 7.13. The van der Waals surface area contributed by atoms with E-state index in [1.165, 1.54) is 0 Å². The minimum atomic E-state index is -0.800. The van der Waals surface area contributed by atoms with Gasteiger partial charge >= 0.3 is 0 Å². The number of nitrogens with zero attached hydrogens (tertiary/aromatic N) is 11. The molecule has 424 valence electrons. The molecule has 4 aromatic heterocycles. The predicted octanol–water partition coefficient (Wildman–Crippen LogP) is 7.58. The number of nitrogens with two attached hydrogens (primary N) is 1. The summed E-state index contributed by atoms with van der Waals surface area (Å²) in [5, 5.41) is 37.5. The van der Waals surface area contributed by atoms with Crippen LogP contribution in [-0.4, -0.2) is 155 Å². The number of aliphatic hydroxyl groups is 1. The summed E-state index contributed by atoms with van der Waals surface area (Å²) in [5.41, 5.74) is 13.4. The number of phenols is 1. The van der Waals surface area contributed by atoms with Gasteiger partial charge in [-0.05, 0) is 106 Å². The summed E-state index contributed by atoms with van der Waals surface area (Å²) >= 11 is 1.60. The van der Waals surface area contributed by atoms with Crippen LogP contribution in [0.2, 0.25) is 0 Å². The number of thiazole rings is 1. The highest BCUT2D eigenvalue weighted by Gasteiger charge is 2.45. The number of aliphatic hydroxyl groups excluding tert-OH is 1. The van der Waals surface area contributed by atoms with E-state index >= 15 is 0 Å². The molecular formula is C60H77N13O6S. The van der Waals surface area contributed by atoms with Crippen molar-refractivity contribution in [2.24, 2.45) is 11.8 Å². The number of ether oxygens (including phenoxy) is 1. The molecule has 6 fully saturated rings. The number of nitrogens with one attached hydrogen (secondary N) is 1. The number of aromatic hydroxyl groups is 1. The van der Waals surface area contributed by atoms with Gasteiger partial charge in [0.15, 0.2) is 17.4 Å². The molecule has 12 rings (SSSR count). The third kappa shape index (κ3) is 11.3. The van der Waals surface area contributed by atoms with E-state index in [0.29, 0.717) is 53.0 Å². The Morgan fingerprint density at radius 2 is 1.61 bits per heavy atom.